The standard InChI is InChI=1S/C11H10N2O2S/c14-9-3-1-2-8(4-9)11(15)13-6-10-5-12-7-16-10/h1-5,7,14H,6H2,(H,13,15). The van der Waals surface area contributed by atoms with Crippen molar-refractivity contribution in [1.82, 2.24) is 10.3 Å². The van der Waals surface area contributed by atoms with Crippen molar-refractivity contribution >= 4 is 17.2 Å². The monoisotopic (exact) mass is 234 g/mol. The minimum absolute atomic E-state index is 0.0884. The lowest BCUT2D eigenvalue weighted by atomic mass is 10.2. The number of nitrogens with zero attached hydrogens (tertiary/aromatic N) is 1. The molecule has 82 valence electrons. The summed E-state index contributed by atoms with van der Waals surface area (Å²) in [5.74, 6) is -0.116. The first-order chi connectivity index (χ1) is 7.75. The summed E-state index contributed by atoms with van der Waals surface area (Å²) >= 11 is 1.49. The lowest BCUT2D eigenvalue weighted by Gasteiger charge is -2.03. The Hall–Kier alpha value is -1.88. The number of phenolic OH excluding ortho intramolecular Hbond substituents is 1. The maximum Gasteiger partial charge on any atom is 0.251 e. The Morgan fingerprint density at radius 1 is 1.50 bits per heavy atom. The fourth-order valence-electron chi connectivity index (χ4n) is 1.25. The molecule has 1 aromatic carbocycles. The SMILES string of the molecule is O=C(NCc1cncs1)c1cccc(O)c1. The number of amides is 1. The fraction of sp³-hybridized carbons (Fsp3) is 0.0909. The molecule has 0 atom stereocenters. The molecule has 0 unspecified atom stereocenters. The maximum absolute atomic E-state index is 11.7. The van der Waals surface area contributed by atoms with Gasteiger partial charge in [-0.25, -0.2) is 0 Å². The van der Waals surface area contributed by atoms with E-state index >= 15 is 0 Å². The smallest absolute Gasteiger partial charge is 0.251 e. The Balaban J connectivity index is 1.98. The van der Waals surface area contributed by atoms with Crippen LogP contribution in [0.15, 0.2) is 36.0 Å². The number of hydrogen-bond donors (Lipinski definition) is 2. The van der Waals surface area contributed by atoms with Crippen LogP contribution in [-0.4, -0.2) is 16.0 Å². The molecule has 1 amide bonds. The first kappa shape index (κ1) is 10.6. The van der Waals surface area contributed by atoms with E-state index in [2.05, 4.69) is 10.3 Å². The molecule has 2 rings (SSSR count). The number of aromatic hydroxyl groups is 1. The molecule has 1 heterocycles. The third-order valence-corrected chi connectivity index (χ3v) is 2.79. The second kappa shape index (κ2) is 4.76. The molecule has 0 bridgehead atoms. The molecule has 0 fully saturated rings. The molecule has 0 aliphatic carbocycles. The van der Waals surface area contributed by atoms with E-state index in [9.17, 15) is 9.90 Å². The topological polar surface area (TPSA) is 62.2 Å². The molecule has 0 radical (unpaired) electrons. The van der Waals surface area contributed by atoms with Crippen molar-refractivity contribution < 1.29 is 9.90 Å². The molecule has 1 aromatic heterocycles. The van der Waals surface area contributed by atoms with Gasteiger partial charge in [-0.2, -0.15) is 0 Å². The van der Waals surface area contributed by atoms with Gasteiger partial charge in [0.25, 0.3) is 5.91 Å². The number of nitrogens with one attached hydrogen (secondary N) is 1. The van der Waals surface area contributed by atoms with Gasteiger partial charge >= 0.3 is 0 Å². The van der Waals surface area contributed by atoms with E-state index in [1.165, 1.54) is 23.5 Å². The highest BCUT2D eigenvalue weighted by molar-refractivity contribution is 7.09. The lowest BCUT2D eigenvalue weighted by Crippen LogP contribution is -2.22. The zero-order chi connectivity index (χ0) is 11.4. The highest BCUT2D eigenvalue weighted by Gasteiger charge is 2.05. The predicted molar refractivity (Wildman–Crippen MR) is 61.4 cm³/mol. The summed E-state index contributed by atoms with van der Waals surface area (Å²) in [5.41, 5.74) is 2.17. The van der Waals surface area contributed by atoms with Crippen LogP contribution in [0.2, 0.25) is 0 Å². The van der Waals surface area contributed by atoms with Crippen molar-refractivity contribution in [3.8, 4) is 5.75 Å². The van der Waals surface area contributed by atoms with E-state index in [0.29, 0.717) is 12.1 Å². The van der Waals surface area contributed by atoms with Crippen LogP contribution in [0.4, 0.5) is 0 Å². The summed E-state index contributed by atoms with van der Waals surface area (Å²) in [4.78, 5) is 16.6. The van der Waals surface area contributed by atoms with E-state index in [1.54, 1.807) is 23.8 Å². The van der Waals surface area contributed by atoms with E-state index in [4.69, 9.17) is 0 Å². The molecule has 16 heavy (non-hydrogen) atoms. The summed E-state index contributed by atoms with van der Waals surface area (Å²) in [7, 11) is 0. The highest BCUT2D eigenvalue weighted by atomic mass is 32.1. The van der Waals surface area contributed by atoms with Crippen LogP contribution in [-0.2, 0) is 6.54 Å². The van der Waals surface area contributed by atoms with Crippen LogP contribution in [0.3, 0.4) is 0 Å². The maximum atomic E-state index is 11.7. The van der Waals surface area contributed by atoms with Gasteiger partial charge in [0.05, 0.1) is 12.1 Å². The van der Waals surface area contributed by atoms with Crippen molar-refractivity contribution in [2.24, 2.45) is 0 Å². The number of benzene rings is 1. The summed E-state index contributed by atoms with van der Waals surface area (Å²) in [6, 6.07) is 6.25. The van der Waals surface area contributed by atoms with Gasteiger partial charge in [0.2, 0.25) is 0 Å². The molecule has 2 N–H and O–H groups in total. The number of aromatic nitrogens is 1. The van der Waals surface area contributed by atoms with Gasteiger partial charge in [0.1, 0.15) is 5.75 Å². The Kier molecular flexibility index (Phi) is 3.16. The quantitative estimate of drug-likeness (QED) is 0.851. The Bertz CT molecular complexity index is 482. The highest BCUT2D eigenvalue weighted by Crippen LogP contribution is 2.11. The molecular weight excluding hydrogens is 224 g/mol. The molecular formula is C11H10N2O2S. The average Bonchev–Trinajstić information content (AvgIpc) is 2.78. The number of rotatable bonds is 3. The van der Waals surface area contributed by atoms with Crippen LogP contribution in [0.1, 0.15) is 15.2 Å². The van der Waals surface area contributed by atoms with E-state index in [-0.39, 0.29) is 11.7 Å². The van der Waals surface area contributed by atoms with Crippen molar-refractivity contribution in [3.63, 3.8) is 0 Å². The first-order valence-corrected chi connectivity index (χ1v) is 5.58. The summed E-state index contributed by atoms with van der Waals surface area (Å²) in [6.45, 7) is 0.457. The van der Waals surface area contributed by atoms with Gasteiger partial charge < -0.3 is 10.4 Å². The second-order valence-corrected chi connectivity index (χ2v) is 4.17. The van der Waals surface area contributed by atoms with Crippen LogP contribution < -0.4 is 5.32 Å². The van der Waals surface area contributed by atoms with Crippen molar-refractivity contribution in [3.05, 3.63) is 46.4 Å². The predicted octanol–water partition coefficient (Wildman–Crippen LogP) is 1.78. The molecule has 0 aliphatic heterocycles. The van der Waals surface area contributed by atoms with Crippen LogP contribution in [0, 0.1) is 0 Å². The van der Waals surface area contributed by atoms with Crippen molar-refractivity contribution in [2.75, 3.05) is 0 Å². The second-order valence-electron chi connectivity index (χ2n) is 3.20. The Labute approximate surface area is 96.6 Å². The van der Waals surface area contributed by atoms with Crippen LogP contribution in [0.5, 0.6) is 5.75 Å². The van der Waals surface area contributed by atoms with Crippen LogP contribution in [0.25, 0.3) is 0 Å². The first-order valence-electron chi connectivity index (χ1n) is 4.70. The Morgan fingerprint density at radius 2 is 2.38 bits per heavy atom. The third-order valence-electron chi connectivity index (χ3n) is 2.01. The third kappa shape index (κ3) is 2.58. The fourth-order valence-corrected chi connectivity index (χ4v) is 1.78. The van der Waals surface area contributed by atoms with Gasteiger partial charge in [-0.05, 0) is 18.2 Å². The zero-order valence-electron chi connectivity index (χ0n) is 8.38. The summed E-state index contributed by atoms with van der Waals surface area (Å²) in [5, 5.41) is 12.0. The number of phenols is 1. The molecule has 0 aliphatic rings. The largest absolute Gasteiger partial charge is 0.508 e. The van der Waals surface area contributed by atoms with Crippen LogP contribution >= 0.6 is 11.3 Å². The normalized spacial score (nSPS) is 10.0. The van der Waals surface area contributed by atoms with Gasteiger partial charge in [0.15, 0.2) is 0 Å². The number of hydrogen-bond acceptors (Lipinski definition) is 4. The lowest BCUT2D eigenvalue weighted by molar-refractivity contribution is 0.0951. The van der Waals surface area contributed by atoms with Crippen molar-refractivity contribution in [2.45, 2.75) is 6.54 Å². The average molecular weight is 234 g/mol. The van der Waals surface area contributed by atoms with Gasteiger partial charge in [-0.3, -0.25) is 9.78 Å². The minimum Gasteiger partial charge on any atom is -0.508 e. The zero-order valence-corrected chi connectivity index (χ0v) is 9.20. The van der Waals surface area contributed by atoms with E-state index in [1.807, 2.05) is 0 Å². The number of carbonyl (C=O) groups is 1. The van der Waals surface area contributed by atoms with Crippen molar-refractivity contribution in [1.29, 1.82) is 0 Å². The van der Waals surface area contributed by atoms with E-state index in [0.717, 1.165) is 4.88 Å². The molecule has 0 saturated carbocycles. The van der Waals surface area contributed by atoms with Gasteiger partial charge in [0, 0.05) is 16.6 Å². The molecule has 0 saturated heterocycles. The molecule has 4 nitrogen and oxygen atoms in total. The summed E-state index contributed by atoms with van der Waals surface area (Å²) < 4.78 is 0. The molecule has 0 spiro atoms. The van der Waals surface area contributed by atoms with Gasteiger partial charge in [-0.15, -0.1) is 11.3 Å². The van der Waals surface area contributed by atoms with E-state index < -0.39 is 0 Å². The Morgan fingerprint density at radius 3 is 3.06 bits per heavy atom. The van der Waals surface area contributed by atoms with Gasteiger partial charge in [-0.1, -0.05) is 6.07 Å². The molecule has 5 heteroatoms. The number of thiazole rings is 1. The molecule has 2 aromatic rings. The number of carbonyl (C=O) groups excluding carboxylic acids is 1. The summed E-state index contributed by atoms with van der Waals surface area (Å²) in [6.07, 6.45) is 1.72. The minimum atomic E-state index is -0.204.